The van der Waals surface area contributed by atoms with Crippen LogP contribution in [0.4, 0.5) is 0 Å². The minimum absolute atomic E-state index is 0. The Morgan fingerprint density at radius 3 is 2.88 bits per heavy atom. The molecule has 0 saturated carbocycles. The van der Waals surface area contributed by atoms with Gasteiger partial charge in [-0.3, -0.25) is 0 Å². The lowest BCUT2D eigenvalue weighted by molar-refractivity contribution is 0.372. The summed E-state index contributed by atoms with van der Waals surface area (Å²) in [6.45, 7) is 1.91. The molecule has 0 amide bonds. The van der Waals surface area contributed by atoms with Gasteiger partial charge >= 0.3 is 0 Å². The van der Waals surface area contributed by atoms with Crippen molar-refractivity contribution in [2.75, 3.05) is 0 Å². The molecule has 2 aromatic rings. The fourth-order valence-electron chi connectivity index (χ4n) is 1.36. The highest BCUT2D eigenvalue weighted by molar-refractivity contribution is 9.10. The summed E-state index contributed by atoms with van der Waals surface area (Å²) in [7, 11) is 0. The Morgan fingerprint density at radius 2 is 2.24 bits per heavy atom. The highest BCUT2D eigenvalue weighted by Gasteiger charge is 2.09. The topological polar surface area (TPSA) is 64.9 Å². The smallest absolute Gasteiger partial charge is 0.228 e. The molecule has 1 unspecified atom stereocenters. The lowest BCUT2D eigenvalue weighted by Crippen LogP contribution is -2.17. The maximum atomic E-state index is 5.66. The van der Waals surface area contributed by atoms with Crippen LogP contribution in [0, 0.1) is 0 Å². The van der Waals surface area contributed by atoms with E-state index in [4.69, 9.17) is 10.3 Å². The molecule has 1 aromatic heterocycles. The van der Waals surface area contributed by atoms with Crippen LogP contribution in [0.15, 0.2) is 33.3 Å². The zero-order chi connectivity index (χ0) is 11.5. The Balaban J connectivity index is 0.00000144. The van der Waals surface area contributed by atoms with Gasteiger partial charge in [0.2, 0.25) is 11.7 Å². The van der Waals surface area contributed by atoms with Crippen molar-refractivity contribution in [2.45, 2.75) is 19.4 Å². The van der Waals surface area contributed by atoms with Crippen LogP contribution in [0.3, 0.4) is 0 Å². The molecule has 2 rings (SSSR count). The predicted octanol–water partition coefficient (Wildman–Crippen LogP) is 2.81. The first kappa shape index (κ1) is 14.2. The monoisotopic (exact) mass is 317 g/mol. The summed E-state index contributed by atoms with van der Waals surface area (Å²) in [5.41, 5.74) is 6.59. The van der Waals surface area contributed by atoms with Crippen molar-refractivity contribution in [1.82, 2.24) is 10.1 Å². The second kappa shape index (κ2) is 6.14. The highest BCUT2D eigenvalue weighted by atomic mass is 79.9. The number of hydrogen-bond acceptors (Lipinski definition) is 4. The van der Waals surface area contributed by atoms with Gasteiger partial charge in [0.1, 0.15) is 0 Å². The van der Waals surface area contributed by atoms with E-state index in [1.54, 1.807) is 0 Å². The Hall–Kier alpha value is -0.910. The molecule has 0 aliphatic rings. The summed E-state index contributed by atoms with van der Waals surface area (Å²) in [6, 6.07) is 7.79. The van der Waals surface area contributed by atoms with Gasteiger partial charge in [0.05, 0.1) is 0 Å². The van der Waals surface area contributed by atoms with Gasteiger partial charge in [-0.15, -0.1) is 12.4 Å². The lowest BCUT2D eigenvalue weighted by atomic mass is 10.2. The van der Waals surface area contributed by atoms with Crippen LogP contribution in [0.25, 0.3) is 11.4 Å². The summed E-state index contributed by atoms with van der Waals surface area (Å²) in [4.78, 5) is 4.28. The van der Waals surface area contributed by atoms with E-state index in [0.717, 1.165) is 10.0 Å². The summed E-state index contributed by atoms with van der Waals surface area (Å²) in [6.07, 6.45) is 0.598. The Morgan fingerprint density at radius 1 is 1.47 bits per heavy atom. The van der Waals surface area contributed by atoms with Crippen LogP contribution >= 0.6 is 28.3 Å². The van der Waals surface area contributed by atoms with Crippen molar-refractivity contribution in [1.29, 1.82) is 0 Å². The van der Waals surface area contributed by atoms with Crippen LogP contribution in [0.2, 0.25) is 0 Å². The van der Waals surface area contributed by atoms with E-state index >= 15 is 0 Å². The van der Waals surface area contributed by atoms with Crippen LogP contribution in [-0.4, -0.2) is 16.2 Å². The van der Waals surface area contributed by atoms with Gasteiger partial charge in [-0.05, 0) is 19.1 Å². The largest absolute Gasteiger partial charge is 0.339 e. The third kappa shape index (κ3) is 3.80. The van der Waals surface area contributed by atoms with Crippen molar-refractivity contribution < 1.29 is 4.52 Å². The number of benzene rings is 1. The Labute approximate surface area is 114 Å². The number of nitrogens with zero attached hydrogens (tertiary/aromatic N) is 2. The SMILES string of the molecule is CC(N)Cc1nc(-c2cccc(Br)c2)no1.Cl. The highest BCUT2D eigenvalue weighted by Crippen LogP contribution is 2.20. The fourth-order valence-corrected chi connectivity index (χ4v) is 1.76. The second-order valence-corrected chi connectivity index (χ2v) is 4.62. The molecule has 1 atom stereocenters. The number of nitrogens with two attached hydrogens (primary N) is 1. The molecule has 1 aromatic carbocycles. The van der Waals surface area contributed by atoms with Crippen LogP contribution in [-0.2, 0) is 6.42 Å². The van der Waals surface area contributed by atoms with E-state index < -0.39 is 0 Å². The number of halogens is 2. The van der Waals surface area contributed by atoms with Crippen molar-refractivity contribution in [2.24, 2.45) is 5.73 Å². The van der Waals surface area contributed by atoms with Gasteiger partial charge < -0.3 is 10.3 Å². The van der Waals surface area contributed by atoms with E-state index in [2.05, 4.69) is 26.1 Å². The molecular weight excluding hydrogens is 305 g/mol. The quantitative estimate of drug-likeness (QED) is 0.945. The minimum atomic E-state index is 0. The van der Waals surface area contributed by atoms with E-state index in [1.165, 1.54) is 0 Å². The molecule has 2 N–H and O–H groups in total. The maximum absolute atomic E-state index is 5.66. The molecule has 0 bridgehead atoms. The van der Waals surface area contributed by atoms with E-state index in [-0.39, 0.29) is 18.4 Å². The molecule has 92 valence electrons. The van der Waals surface area contributed by atoms with Crippen molar-refractivity contribution in [3.8, 4) is 11.4 Å². The standard InChI is InChI=1S/C11H12BrN3O.ClH/c1-7(13)5-10-14-11(15-16-10)8-3-2-4-9(12)6-8;/h2-4,6-7H,5,13H2,1H3;1H. The Kier molecular flexibility index (Phi) is 5.11. The third-order valence-corrected chi connectivity index (χ3v) is 2.54. The van der Waals surface area contributed by atoms with Crippen molar-refractivity contribution >= 4 is 28.3 Å². The van der Waals surface area contributed by atoms with Gasteiger partial charge in [-0.25, -0.2) is 0 Å². The summed E-state index contributed by atoms with van der Waals surface area (Å²) < 4.78 is 6.10. The zero-order valence-electron chi connectivity index (χ0n) is 9.26. The molecule has 6 heteroatoms. The van der Waals surface area contributed by atoms with Gasteiger partial charge in [-0.1, -0.05) is 33.2 Å². The summed E-state index contributed by atoms with van der Waals surface area (Å²) >= 11 is 3.40. The fraction of sp³-hybridized carbons (Fsp3) is 0.273. The van der Waals surface area contributed by atoms with Gasteiger partial charge in [0.15, 0.2) is 0 Å². The zero-order valence-corrected chi connectivity index (χ0v) is 11.7. The van der Waals surface area contributed by atoms with Crippen LogP contribution < -0.4 is 5.73 Å². The average molecular weight is 319 g/mol. The predicted molar refractivity (Wildman–Crippen MR) is 72.0 cm³/mol. The molecule has 0 saturated heterocycles. The van der Waals surface area contributed by atoms with Gasteiger partial charge in [0, 0.05) is 22.5 Å². The van der Waals surface area contributed by atoms with Gasteiger partial charge in [0.25, 0.3) is 0 Å². The maximum Gasteiger partial charge on any atom is 0.228 e. The van der Waals surface area contributed by atoms with E-state index in [1.807, 2.05) is 31.2 Å². The third-order valence-electron chi connectivity index (χ3n) is 2.05. The van der Waals surface area contributed by atoms with Crippen LogP contribution in [0.1, 0.15) is 12.8 Å². The summed E-state index contributed by atoms with van der Waals surface area (Å²) in [5.74, 6) is 1.17. The van der Waals surface area contributed by atoms with Crippen LogP contribution in [0.5, 0.6) is 0 Å². The molecule has 0 aliphatic carbocycles. The molecule has 1 heterocycles. The molecule has 0 radical (unpaired) electrons. The van der Waals surface area contributed by atoms with E-state index in [0.29, 0.717) is 18.1 Å². The van der Waals surface area contributed by atoms with Crippen molar-refractivity contribution in [3.63, 3.8) is 0 Å². The first-order chi connectivity index (χ1) is 7.65. The molecular formula is C11H13BrClN3O. The number of hydrogen-bond donors (Lipinski definition) is 1. The number of aromatic nitrogens is 2. The number of rotatable bonds is 3. The second-order valence-electron chi connectivity index (χ2n) is 3.70. The first-order valence-corrected chi connectivity index (χ1v) is 5.78. The minimum Gasteiger partial charge on any atom is -0.339 e. The van der Waals surface area contributed by atoms with Gasteiger partial charge in [-0.2, -0.15) is 4.98 Å². The molecule has 0 spiro atoms. The average Bonchev–Trinajstić information content (AvgIpc) is 2.65. The molecule has 0 fully saturated rings. The Bertz CT molecular complexity index is 487. The normalized spacial score (nSPS) is 11.9. The van der Waals surface area contributed by atoms with Crippen molar-refractivity contribution in [3.05, 3.63) is 34.6 Å². The summed E-state index contributed by atoms with van der Waals surface area (Å²) in [5, 5.41) is 3.92. The molecule has 0 aliphatic heterocycles. The van der Waals surface area contributed by atoms with E-state index in [9.17, 15) is 0 Å². The lowest BCUT2D eigenvalue weighted by Gasteiger charge is -1.97. The molecule has 4 nitrogen and oxygen atoms in total. The first-order valence-electron chi connectivity index (χ1n) is 4.99. The molecule has 17 heavy (non-hydrogen) atoms.